The number of ether oxygens (including phenoxy) is 4. The van der Waals surface area contributed by atoms with Crippen LogP contribution in [0.25, 0.3) is 0 Å². The minimum absolute atomic E-state index is 0.403. The minimum Gasteiger partial charge on any atom is -0.394 e. The van der Waals surface area contributed by atoms with Crippen molar-refractivity contribution in [2.24, 2.45) is 0 Å². The van der Waals surface area contributed by atoms with E-state index in [1.165, 1.54) is 14.0 Å². The maximum Gasteiger partial charge on any atom is 0.194 e. The lowest BCUT2D eigenvalue weighted by atomic mass is 9.93. The fourth-order valence-corrected chi connectivity index (χ4v) is 2.92. The van der Waals surface area contributed by atoms with Crippen molar-refractivity contribution in [1.29, 1.82) is 0 Å². The second-order valence-corrected chi connectivity index (χ2v) is 6.34. The van der Waals surface area contributed by atoms with Gasteiger partial charge in [0.05, 0.1) is 13.2 Å². The molecule has 2 aliphatic rings. The van der Waals surface area contributed by atoms with Crippen molar-refractivity contribution in [3.63, 3.8) is 0 Å². The molecule has 2 saturated heterocycles. The Balaban J connectivity index is 2.05. The molecular formula is C14H26O11. The summed E-state index contributed by atoms with van der Waals surface area (Å²) in [5.74, 6) is -1.82. The third-order valence-electron chi connectivity index (χ3n) is 4.59. The van der Waals surface area contributed by atoms with Gasteiger partial charge in [-0.2, -0.15) is 0 Å². The standard InChI is InChI=1S/C14H26O11/c1-14(12(21)10(19)7(16)5(3-15)25-14)23-4-6-8(17)9(18)11(20)13(22-2)24-6/h5-13,15-21H,3-4H2,1-2H3/t5-,6-,7-,8-,9+,10+,11-,12-,13+,14+/m1/s1. The first-order valence-electron chi connectivity index (χ1n) is 7.85. The first-order valence-corrected chi connectivity index (χ1v) is 7.85. The average Bonchev–Trinajstić information content (AvgIpc) is 2.60. The maximum atomic E-state index is 10.1. The van der Waals surface area contributed by atoms with Crippen molar-refractivity contribution < 1.29 is 54.7 Å². The molecule has 0 aromatic carbocycles. The van der Waals surface area contributed by atoms with Crippen LogP contribution in [0.4, 0.5) is 0 Å². The number of aliphatic hydroxyl groups is 7. The third-order valence-corrected chi connectivity index (χ3v) is 4.59. The van der Waals surface area contributed by atoms with Gasteiger partial charge in [0.2, 0.25) is 0 Å². The molecule has 0 aromatic rings. The normalized spacial score (nSPS) is 51.5. The number of hydrogen-bond acceptors (Lipinski definition) is 11. The van der Waals surface area contributed by atoms with Crippen molar-refractivity contribution in [1.82, 2.24) is 0 Å². The molecule has 25 heavy (non-hydrogen) atoms. The monoisotopic (exact) mass is 370 g/mol. The third kappa shape index (κ3) is 3.96. The van der Waals surface area contributed by atoms with E-state index in [1.807, 2.05) is 0 Å². The SMILES string of the molecule is CO[C@H]1O[C@H](CO[C@@]2(C)O[C@H](CO)[C@@H](O)[C@H](O)[C@H]2O)[C@@H](O)[C@H](O)[C@H]1O. The predicted molar refractivity (Wildman–Crippen MR) is 78.0 cm³/mol. The molecular weight excluding hydrogens is 344 g/mol. The van der Waals surface area contributed by atoms with Gasteiger partial charge in [0.1, 0.15) is 48.8 Å². The van der Waals surface area contributed by atoms with Gasteiger partial charge in [-0.1, -0.05) is 0 Å². The highest BCUT2D eigenvalue weighted by molar-refractivity contribution is 4.96. The average molecular weight is 370 g/mol. The van der Waals surface area contributed by atoms with Gasteiger partial charge >= 0.3 is 0 Å². The van der Waals surface area contributed by atoms with Crippen molar-refractivity contribution in [3.05, 3.63) is 0 Å². The van der Waals surface area contributed by atoms with E-state index in [1.54, 1.807) is 0 Å². The quantitative estimate of drug-likeness (QED) is 0.249. The van der Waals surface area contributed by atoms with Crippen molar-refractivity contribution in [2.75, 3.05) is 20.3 Å². The van der Waals surface area contributed by atoms with Gasteiger partial charge in [-0.3, -0.25) is 0 Å². The molecule has 2 heterocycles. The van der Waals surface area contributed by atoms with Crippen LogP contribution in [0.15, 0.2) is 0 Å². The van der Waals surface area contributed by atoms with Crippen molar-refractivity contribution in [3.8, 4) is 0 Å². The smallest absolute Gasteiger partial charge is 0.194 e. The highest BCUT2D eigenvalue weighted by Crippen LogP contribution is 2.32. The first-order chi connectivity index (χ1) is 11.7. The highest BCUT2D eigenvalue weighted by atomic mass is 16.7. The highest BCUT2D eigenvalue weighted by Gasteiger charge is 2.53. The van der Waals surface area contributed by atoms with Crippen LogP contribution in [0, 0.1) is 0 Å². The Morgan fingerprint density at radius 3 is 2.04 bits per heavy atom. The van der Waals surface area contributed by atoms with E-state index in [0.29, 0.717) is 0 Å². The Kier molecular flexibility index (Phi) is 6.73. The number of methoxy groups -OCH3 is 1. The predicted octanol–water partition coefficient (Wildman–Crippen LogP) is -4.35. The summed E-state index contributed by atoms with van der Waals surface area (Å²) >= 11 is 0. The molecule has 0 radical (unpaired) electrons. The molecule has 0 aromatic heterocycles. The largest absolute Gasteiger partial charge is 0.394 e. The van der Waals surface area contributed by atoms with Crippen LogP contribution < -0.4 is 0 Å². The van der Waals surface area contributed by atoms with E-state index in [4.69, 9.17) is 18.9 Å². The summed E-state index contributed by atoms with van der Waals surface area (Å²) in [7, 11) is 1.25. The van der Waals surface area contributed by atoms with Gasteiger partial charge < -0.3 is 54.7 Å². The lowest BCUT2D eigenvalue weighted by Gasteiger charge is -2.47. The number of aliphatic hydroxyl groups excluding tert-OH is 7. The van der Waals surface area contributed by atoms with E-state index >= 15 is 0 Å². The van der Waals surface area contributed by atoms with Gasteiger partial charge in [-0.25, -0.2) is 0 Å². The zero-order valence-electron chi connectivity index (χ0n) is 13.9. The molecule has 2 fully saturated rings. The molecule has 0 aliphatic carbocycles. The van der Waals surface area contributed by atoms with Crippen LogP contribution in [0.3, 0.4) is 0 Å². The van der Waals surface area contributed by atoms with Gasteiger partial charge in [0.25, 0.3) is 0 Å². The second-order valence-electron chi connectivity index (χ2n) is 6.34. The van der Waals surface area contributed by atoms with E-state index in [0.717, 1.165) is 0 Å². The van der Waals surface area contributed by atoms with Crippen LogP contribution in [0.5, 0.6) is 0 Å². The summed E-state index contributed by atoms with van der Waals surface area (Å²) in [6, 6.07) is 0. The Bertz CT molecular complexity index is 433. The summed E-state index contributed by atoms with van der Waals surface area (Å²) < 4.78 is 20.9. The van der Waals surface area contributed by atoms with Crippen molar-refractivity contribution in [2.45, 2.75) is 67.8 Å². The molecule has 0 amide bonds. The topological polar surface area (TPSA) is 179 Å². The zero-order chi connectivity index (χ0) is 18.9. The van der Waals surface area contributed by atoms with Crippen LogP contribution in [-0.4, -0.2) is 117 Å². The molecule has 11 heteroatoms. The lowest BCUT2D eigenvalue weighted by molar-refractivity contribution is -0.370. The molecule has 0 bridgehead atoms. The van der Waals surface area contributed by atoms with E-state index in [2.05, 4.69) is 0 Å². The number of rotatable bonds is 5. The van der Waals surface area contributed by atoms with Crippen LogP contribution in [-0.2, 0) is 18.9 Å². The lowest BCUT2D eigenvalue weighted by Crippen LogP contribution is -2.66. The maximum absolute atomic E-state index is 10.1. The number of hydrogen-bond donors (Lipinski definition) is 7. The summed E-state index contributed by atoms with van der Waals surface area (Å²) in [5, 5.41) is 68.5. The summed E-state index contributed by atoms with van der Waals surface area (Å²) in [4.78, 5) is 0. The summed E-state index contributed by atoms with van der Waals surface area (Å²) in [6.45, 7) is 0.256. The van der Waals surface area contributed by atoms with Crippen LogP contribution in [0.1, 0.15) is 6.92 Å². The Hall–Kier alpha value is -0.440. The van der Waals surface area contributed by atoms with Crippen molar-refractivity contribution >= 4 is 0 Å². The van der Waals surface area contributed by atoms with Gasteiger partial charge in [0.15, 0.2) is 12.1 Å². The minimum atomic E-state index is -1.82. The molecule has 2 rings (SSSR count). The van der Waals surface area contributed by atoms with E-state index in [-0.39, 0.29) is 0 Å². The van der Waals surface area contributed by atoms with E-state index in [9.17, 15) is 35.7 Å². The molecule has 148 valence electrons. The van der Waals surface area contributed by atoms with Gasteiger partial charge in [-0.05, 0) is 6.92 Å². The summed E-state index contributed by atoms with van der Waals surface area (Å²) in [5.41, 5.74) is 0. The first kappa shape index (κ1) is 20.9. The Morgan fingerprint density at radius 2 is 1.48 bits per heavy atom. The zero-order valence-corrected chi connectivity index (χ0v) is 13.9. The molecule has 2 aliphatic heterocycles. The molecule has 11 nitrogen and oxygen atoms in total. The van der Waals surface area contributed by atoms with Gasteiger partial charge in [-0.15, -0.1) is 0 Å². The second kappa shape index (κ2) is 8.06. The van der Waals surface area contributed by atoms with E-state index < -0.39 is 74.1 Å². The van der Waals surface area contributed by atoms with Crippen LogP contribution in [0.2, 0.25) is 0 Å². The molecule has 10 atom stereocenters. The molecule has 0 unspecified atom stereocenters. The fraction of sp³-hybridized carbons (Fsp3) is 1.00. The van der Waals surface area contributed by atoms with Crippen LogP contribution >= 0.6 is 0 Å². The molecule has 7 N–H and O–H groups in total. The summed E-state index contributed by atoms with van der Waals surface area (Å²) in [6.07, 6.45) is -12.8. The Labute approximate surface area is 143 Å². The molecule has 0 spiro atoms. The molecule has 0 saturated carbocycles. The fourth-order valence-electron chi connectivity index (χ4n) is 2.92. The Morgan fingerprint density at radius 1 is 0.880 bits per heavy atom. The van der Waals surface area contributed by atoms with Gasteiger partial charge in [0, 0.05) is 7.11 Å².